The van der Waals surface area contributed by atoms with Crippen LogP contribution in [0.4, 0.5) is 0 Å². The predicted octanol–water partition coefficient (Wildman–Crippen LogP) is 4.13. The molecule has 1 aromatic heterocycles. The quantitative estimate of drug-likeness (QED) is 0.746. The van der Waals surface area contributed by atoms with E-state index >= 15 is 0 Å². The minimum Gasteiger partial charge on any atom is -0.327 e. The minimum atomic E-state index is 0.478. The molecule has 0 aliphatic rings. The van der Waals surface area contributed by atoms with Crippen LogP contribution in [0.2, 0.25) is 0 Å². The summed E-state index contributed by atoms with van der Waals surface area (Å²) in [7, 11) is 0. The van der Waals surface area contributed by atoms with Gasteiger partial charge in [-0.2, -0.15) is 0 Å². The van der Waals surface area contributed by atoms with E-state index in [1.165, 1.54) is 11.1 Å². The van der Waals surface area contributed by atoms with Crippen molar-refractivity contribution >= 4 is 22.6 Å². The molecule has 2 rings (SSSR count). The maximum absolute atomic E-state index is 5.99. The van der Waals surface area contributed by atoms with E-state index in [1.807, 2.05) is 0 Å². The van der Waals surface area contributed by atoms with Crippen LogP contribution in [0.15, 0.2) is 18.2 Å². The zero-order chi connectivity index (χ0) is 12.4. The maximum atomic E-state index is 5.99. The van der Waals surface area contributed by atoms with E-state index in [-0.39, 0.29) is 0 Å². The van der Waals surface area contributed by atoms with Crippen LogP contribution in [-0.4, -0.2) is 9.55 Å². The maximum Gasteiger partial charge on any atom is 0.124 e. The Bertz CT molecular complexity index is 514. The number of nitrogens with zero attached hydrogens (tertiary/aromatic N) is 2. The first-order valence-corrected chi connectivity index (χ1v) is 6.67. The Morgan fingerprint density at radius 3 is 2.76 bits per heavy atom. The molecule has 0 saturated carbocycles. The SMILES string of the molecule is Cc1cccc2c1nc(CCl)n2CCC(C)C. The van der Waals surface area contributed by atoms with Crippen molar-refractivity contribution in [3.63, 3.8) is 0 Å². The average Bonchev–Trinajstić information content (AvgIpc) is 2.66. The van der Waals surface area contributed by atoms with Gasteiger partial charge in [0, 0.05) is 6.54 Å². The molecule has 0 aliphatic carbocycles. The van der Waals surface area contributed by atoms with Gasteiger partial charge in [-0.25, -0.2) is 4.98 Å². The van der Waals surface area contributed by atoms with Crippen LogP contribution in [0.1, 0.15) is 31.7 Å². The first-order chi connectivity index (χ1) is 8.13. The molecule has 0 N–H and O–H groups in total. The smallest absolute Gasteiger partial charge is 0.124 e. The van der Waals surface area contributed by atoms with Crippen LogP contribution < -0.4 is 0 Å². The minimum absolute atomic E-state index is 0.478. The summed E-state index contributed by atoms with van der Waals surface area (Å²) in [4.78, 5) is 4.64. The topological polar surface area (TPSA) is 17.8 Å². The number of alkyl halides is 1. The summed E-state index contributed by atoms with van der Waals surface area (Å²) in [5, 5.41) is 0. The van der Waals surface area contributed by atoms with Crippen molar-refractivity contribution in [2.45, 2.75) is 39.6 Å². The van der Waals surface area contributed by atoms with Gasteiger partial charge in [-0.05, 0) is 30.9 Å². The van der Waals surface area contributed by atoms with E-state index in [1.54, 1.807) is 0 Å². The molecule has 2 nitrogen and oxygen atoms in total. The normalized spacial score (nSPS) is 11.6. The lowest BCUT2D eigenvalue weighted by Gasteiger charge is -2.09. The lowest BCUT2D eigenvalue weighted by atomic mass is 10.1. The van der Waals surface area contributed by atoms with E-state index < -0.39 is 0 Å². The molecule has 2 aromatic rings. The molecular weight excluding hydrogens is 232 g/mol. The average molecular weight is 251 g/mol. The van der Waals surface area contributed by atoms with Gasteiger partial charge in [0.1, 0.15) is 5.82 Å². The molecule has 17 heavy (non-hydrogen) atoms. The van der Waals surface area contributed by atoms with Gasteiger partial charge in [0.2, 0.25) is 0 Å². The number of aryl methyl sites for hydroxylation is 2. The van der Waals surface area contributed by atoms with Gasteiger partial charge >= 0.3 is 0 Å². The summed E-state index contributed by atoms with van der Waals surface area (Å²) < 4.78 is 2.26. The first-order valence-electron chi connectivity index (χ1n) is 6.14. The third-order valence-electron chi connectivity index (χ3n) is 3.11. The Morgan fingerprint density at radius 2 is 2.12 bits per heavy atom. The molecule has 0 bridgehead atoms. The van der Waals surface area contributed by atoms with Crippen molar-refractivity contribution in [1.82, 2.24) is 9.55 Å². The van der Waals surface area contributed by atoms with Gasteiger partial charge < -0.3 is 4.57 Å². The third-order valence-corrected chi connectivity index (χ3v) is 3.35. The van der Waals surface area contributed by atoms with Crippen LogP contribution >= 0.6 is 11.6 Å². The number of hydrogen-bond acceptors (Lipinski definition) is 1. The van der Waals surface area contributed by atoms with Gasteiger partial charge in [0.05, 0.1) is 16.9 Å². The number of aromatic nitrogens is 2. The van der Waals surface area contributed by atoms with Gasteiger partial charge in [-0.3, -0.25) is 0 Å². The van der Waals surface area contributed by atoms with Crippen molar-refractivity contribution in [2.24, 2.45) is 5.92 Å². The third kappa shape index (κ3) is 2.47. The van der Waals surface area contributed by atoms with Gasteiger partial charge in [-0.15, -0.1) is 11.6 Å². The van der Waals surface area contributed by atoms with Gasteiger partial charge in [0.25, 0.3) is 0 Å². The monoisotopic (exact) mass is 250 g/mol. The molecule has 1 heterocycles. The van der Waals surface area contributed by atoms with E-state index in [4.69, 9.17) is 11.6 Å². The van der Waals surface area contributed by atoms with Crippen molar-refractivity contribution in [1.29, 1.82) is 0 Å². The molecule has 1 aromatic carbocycles. The van der Waals surface area contributed by atoms with Crippen molar-refractivity contribution in [3.8, 4) is 0 Å². The summed E-state index contributed by atoms with van der Waals surface area (Å²) in [6.45, 7) is 7.58. The molecular formula is C14H19ClN2. The van der Waals surface area contributed by atoms with Crippen molar-refractivity contribution in [3.05, 3.63) is 29.6 Å². The molecule has 0 aliphatic heterocycles. The lowest BCUT2D eigenvalue weighted by molar-refractivity contribution is 0.516. The highest BCUT2D eigenvalue weighted by molar-refractivity contribution is 6.16. The van der Waals surface area contributed by atoms with E-state index in [9.17, 15) is 0 Å². The van der Waals surface area contributed by atoms with Crippen LogP contribution in [0, 0.1) is 12.8 Å². The summed E-state index contributed by atoms with van der Waals surface area (Å²) in [5.74, 6) is 2.16. The largest absolute Gasteiger partial charge is 0.327 e. The second-order valence-electron chi connectivity index (χ2n) is 4.94. The number of para-hydroxylation sites is 1. The van der Waals surface area contributed by atoms with Crippen molar-refractivity contribution in [2.75, 3.05) is 0 Å². The van der Waals surface area contributed by atoms with Crippen LogP contribution in [-0.2, 0) is 12.4 Å². The lowest BCUT2D eigenvalue weighted by Crippen LogP contribution is -2.04. The fraction of sp³-hybridized carbons (Fsp3) is 0.500. The Morgan fingerprint density at radius 1 is 1.35 bits per heavy atom. The summed E-state index contributed by atoms with van der Waals surface area (Å²) >= 11 is 5.99. The summed E-state index contributed by atoms with van der Waals surface area (Å²) in [5.41, 5.74) is 3.52. The standard InChI is InChI=1S/C14H19ClN2/c1-10(2)7-8-17-12-6-4-5-11(3)14(12)16-13(17)9-15/h4-6,10H,7-9H2,1-3H3. The Balaban J connectivity index is 2.47. The van der Waals surface area contributed by atoms with E-state index in [0.29, 0.717) is 11.8 Å². The molecule has 0 spiro atoms. The number of benzene rings is 1. The Kier molecular flexibility index (Phi) is 3.72. The molecule has 3 heteroatoms. The number of rotatable bonds is 4. The molecule has 0 saturated heterocycles. The fourth-order valence-electron chi connectivity index (χ4n) is 2.07. The second-order valence-corrected chi connectivity index (χ2v) is 5.21. The first kappa shape index (κ1) is 12.4. The molecule has 0 unspecified atom stereocenters. The summed E-state index contributed by atoms with van der Waals surface area (Å²) in [6.07, 6.45) is 1.16. The zero-order valence-corrected chi connectivity index (χ0v) is 11.5. The number of fused-ring (bicyclic) bond motifs is 1. The number of halogens is 1. The summed E-state index contributed by atoms with van der Waals surface area (Å²) in [6, 6.07) is 6.31. The molecule has 0 amide bonds. The highest BCUT2D eigenvalue weighted by atomic mass is 35.5. The fourth-order valence-corrected chi connectivity index (χ4v) is 2.28. The molecule has 92 valence electrons. The second kappa shape index (κ2) is 5.09. The molecule has 0 radical (unpaired) electrons. The Labute approximate surface area is 108 Å². The van der Waals surface area contributed by atoms with Crippen LogP contribution in [0.3, 0.4) is 0 Å². The van der Waals surface area contributed by atoms with E-state index in [2.05, 4.69) is 48.5 Å². The van der Waals surface area contributed by atoms with Crippen molar-refractivity contribution < 1.29 is 0 Å². The predicted molar refractivity (Wildman–Crippen MR) is 73.5 cm³/mol. The highest BCUT2D eigenvalue weighted by Crippen LogP contribution is 2.21. The zero-order valence-electron chi connectivity index (χ0n) is 10.7. The number of hydrogen-bond donors (Lipinski definition) is 0. The highest BCUT2D eigenvalue weighted by Gasteiger charge is 2.11. The van der Waals surface area contributed by atoms with Gasteiger partial charge in [0.15, 0.2) is 0 Å². The number of imidazole rings is 1. The Hall–Kier alpha value is -1.02. The molecule has 0 fully saturated rings. The van der Waals surface area contributed by atoms with Gasteiger partial charge in [-0.1, -0.05) is 26.0 Å². The van der Waals surface area contributed by atoms with E-state index in [0.717, 1.165) is 24.3 Å². The van der Waals surface area contributed by atoms with Crippen LogP contribution in [0.25, 0.3) is 11.0 Å². The van der Waals surface area contributed by atoms with Crippen LogP contribution in [0.5, 0.6) is 0 Å². The molecule has 0 atom stereocenters.